The third-order valence-corrected chi connectivity index (χ3v) is 4.86. The van der Waals surface area contributed by atoms with Crippen molar-refractivity contribution in [2.75, 3.05) is 13.2 Å². The third kappa shape index (κ3) is 6.69. The van der Waals surface area contributed by atoms with Crippen LogP contribution in [0.3, 0.4) is 0 Å². The van der Waals surface area contributed by atoms with Crippen molar-refractivity contribution in [1.82, 2.24) is 0 Å². The van der Waals surface area contributed by atoms with Gasteiger partial charge in [0.05, 0.1) is 18.8 Å². The van der Waals surface area contributed by atoms with Gasteiger partial charge in [-0.05, 0) is 48.4 Å². The average Bonchev–Trinajstić information content (AvgIpc) is 2.79. The van der Waals surface area contributed by atoms with E-state index >= 15 is 0 Å². The molecule has 0 aliphatic carbocycles. The topological polar surface area (TPSA) is 61.8 Å². The minimum absolute atomic E-state index is 0.256. The van der Waals surface area contributed by atoms with E-state index in [1.165, 1.54) is 6.07 Å². The number of halogens is 1. The molecule has 160 valence electrons. The normalized spacial score (nSPS) is 10.4. The lowest BCUT2D eigenvalue weighted by molar-refractivity contribution is 0.0503. The maximum atomic E-state index is 12.8. The molecule has 0 atom stereocenters. The van der Waals surface area contributed by atoms with E-state index in [4.69, 9.17) is 14.2 Å². The van der Waals surface area contributed by atoms with Gasteiger partial charge in [0.2, 0.25) is 0 Å². The lowest BCUT2D eigenvalue weighted by Gasteiger charge is -2.12. The van der Waals surface area contributed by atoms with Crippen LogP contribution in [0.1, 0.15) is 39.6 Å². The van der Waals surface area contributed by atoms with Gasteiger partial charge in [-0.1, -0.05) is 59.3 Å². The summed E-state index contributed by atoms with van der Waals surface area (Å²) in [6.45, 7) is 2.68. The van der Waals surface area contributed by atoms with E-state index in [0.29, 0.717) is 36.5 Å². The Kier molecular flexibility index (Phi) is 8.24. The lowest BCUT2D eigenvalue weighted by atomic mass is 10.1. The van der Waals surface area contributed by atoms with Crippen LogP contribution >= 0.6 is 15.9 Å². The highest BCUT2D eigenvalue weighted by molar-refractivity contribution is 9.10. The predicted octanol–water partition coefficient (Wildman–Crippen LogP) is 5.86. The van der Waals surface area contributed by atoms with Crippen molar-refractivity contribution in [2.24, 2.45) is 0 Å². The standard InChI is InChI=1S/C25H23BrO5/c1-2-14-30-24(27)19-9-6-10-21(16-19)31-25(28)22-17-20(26)11-12-23(22)29-15-13-18-7-4-3-5-8-18/h3-12,16-17H,2,13-15H2,1H3. The largest absolute Gasteiger partial charge is 0.492 e. The van der Waals surface area contributed by atoms with E-state index in [2.05, 4.69) is 15.9 Å². The molecule has 0 saturated carbocycles. The molecule has 0 saturated heterocycles. The molecule has 6 heteroatoms. The first-order valence-corrected chi connectivity index (χ1v) is 10.8. The molecule has 0 bridgehead atoms. The molecule has 0 radical (unpaired) electrons. The zero-order valence-electron chi connectivity index (χ0n) is 17.2. The van der Waals surface area contributed by atoms with Gasteiger partial charge in [-0.15, -0.1) is 0 Å². The van der Waals surface area contributed by atoms with Gasteiger partial charge in [-0.2, -0.15) is 0 Å². The zero-order valence-corrected chi connectivity index (χ0v) is 18.8. The molecule has 0 aliphatic rings. The molecule has 0 heterocycles. The van der Waals surface area contributed by atoms with Crippen molar-refractivity contribution in [3.8, 4) is 11.5 Å². The summed E-state index contributed by atoms with van der Waals surface area (Å²) < 4.78 is 17.2. The Morgan fingerprint density at radius 2 is 1.68 bits per heavy atom. The monoisotopic (exact) mass is 482 g/mol. The van der Waals surface area contributed by atoms with Crippen molar-refractivity contribution in [2.45, 2.75) is 19.8 Å². The highest BCUT2D eigenvalue weighted by atomic mass is 79.9. The molecule has 0 aliphatic heterocycles. The van der Waals surface area contributed by atoms with Gasteiger partial charge in [0, 0.05) is 10.9 Å². The van der Waals surface area contributed by atoms with Crippen molar-refractivity contribution in [3.63, 3.8) is 0 Å². The van der Waals surface area contributed by atoms with E-state index in [1.807, 2.05) is 37.3 Å². The van der Waals surface area contributed by atoms with Crippen molar-refractivity contribution in [1.29, 1.82) is 0 Å². The predicted molar refractivity (Wildman–Crippen MR) is 122 cm³/mol. The Morgan fingerprint density at radius 3 is 2.45 bits per heavy atom. The van der Waals surface area contributed by atoms with Gasteiger partial charge in [0.1, 0.15) is 17.1 Å². The van der Waals surface area contributed by atoms with Crippen LogP contribution in [0.5, 0.6) is 11.5 Å². The molecule has 3 aromatic carbocycles. The molecule has 3 aromatic rings. The number of esters is 2. The average molecular weight is 483 g/mol. The second kappa shape index (κ2) is 11.3. The molecule has 0 N–H and O–H groups in total. The smallest absolute Gasteiger partial charge is 0.347 e. The Balaban J connectivity index is 1.69. The van der Waals surface area contributed by atoms with E-state index in [1.54, 1.807) is 36.4 Å². The second-order valence-electron chi connectivity index (χ2n) is 6.78. The first-order chi connectivity index (χ1) is 15.1. The maximum absolute atomic E-state index is 12.8. The lowest BCUT2D eigenvalue weighted by Crippen LogP contribution is -2.13. The minimum atomic E-state index is -0.574. The summed E-state index contributed by atoms with van der Waals surface area (Å²) >= 11 is 3.39. The molecular formula is C25H23BrO5. The Bertz CT molecular complexity index is 1030. The molecule has 5 nitrogen and oxygen atoms in total. The highest BCUT2D eigenvalue weighted by Crippen LogP contribution is 2.26. The summed E-state index contributed by atoms with van der Waals surface area (Å²) in [5, 5.41) is 0. The fourth-order valence-electron chi connectivity index (χ4n) is 2.84. The SMILES string of the molecule is CCCOC(=O)c1cccc(OC(=O)c2cc(Br)ccc2OCCc2ccccc2)c1. The number of hydrogen-bond acceptors (Lipinski definition) is 5. The summed E-state index contributed by atoms with van der Waals surface area (Å²) in [5.41, 5.74) is 1.77. The Morgan fingerprint density at radius 1 is 0.871 bits per heavy atom. The summed E-state index contributed by atoms with van der Waals surface area (Å²) in [7, 11) is 0. The number of benzene rings is 3. The molecule has 0 spiro atoms. The van der Waals surface area contributed by atoms with Gasteiger partial charge in [0.15, 0.2) is 0 Å². The van der Waals surface area contributed by atoms with E-state index in [0.717, 1.165) is 16.5 Å². The van der Waals surface area contributed by atoms with Crippen LogP contribution in [0.4, 0.5) is 0 Å². The quantitative estimate of drug-likeness (QED) is 0.282. The minimum Gasteiger partial charge on any atom is -0.492 e. The Labute approximate surface area is 190 Å². The molecule has 3 rings (SSSR count). The number of carbonyl (C=O) groups is 2. The molecule has 31 heavy (non-hydrogen) atoms. The summed E-state index contributed by atoms with van der Waals surface area (Å²) in [6.07, 6.45) is 1.45. The Hall–Kier alpha value is -3.12. The molecule has 0 amide bonds. The van der Waals surface area contributed by atoms with E-state index in [9.17, 15) is 9.59 Å². The maximum Gasteiger partial charge on any atom is 0.347 e. The fraction of sp³-hybridized carbons (Fsp3) is 0.200. The van der Waals surface area contributed by atoms with E-state index < -0.39 is 11.9 Å². The van der Waals surface area contributed by atoms with Gasteiger partial charge >= 0.3 is 11.9 Å². The van der Waals surface area contributed by atoms with Crippen molar-refractivity contribution in [3.05, 3.63) is 94.0 Å². The van der Waals surface area contributed by atoms with Gasteiger partial charge in [-0.25, -0.2) is 9.59 Å². The molecule has 0 aromatic heterocycles. The zero-order chi connectivity index (χ0) is 22.1. The third-order valence-electron chi connectivity index (χ3n) is 4.37. The number of hydrogen-bond donors (Lipinski definition) is 0. The first kappa shape index (κ1) is 22.6. The number of ether oxygens (including phenoxy) is 3. The number of carbonyl (C=O) groups excluding carboxylic acids is 2. The van der Waals surface area contributed by atoms with Crippen LogP contribution in [-0.4, -0.2) is 25.2 Å². The van der Waals surface area contributed by atoms with E-state index in [-0.39, 0.29) is 5.75 Å². The van der Waals surface area contributed by atoms with Gasteiger partial charge in [-0.3, -0.25) is 0 Å². The van der Waals surface area contributed by atoms with Crippen LogP contribution in [0.15, 0.2) is 77.3 Å². The summed E-state index contributed by atoms with van der Waals surface area (Å²) in [6, 6.07) is 21.5. The van der Waals surface area contributed by atoms with Crippen LogP contribution in [0.25, 0.3) is 0 Å². The van der Waals surface area contributed by atoms with Crippen LogP contribution in [-0.2, 0) is 11.2 Å². The van der Waals surface area contributed by atoms with Gasteiger partial charge in [0.25, 0.3) is 0 Å². The second-order valence-corrected chi connectivity index (χ2v) is 7.69. The van der Waals surface area contributed by atoms with Crippen molar-refractivity contribution < 1.29 is 23.8 Å². The highest BCUT2D eigenvalue weighted by Gasteiger charge is 2.17. The van der Waals surface area contributed by atoms with Crippen LogP contribution < -0.4 is 9.47 Å². The summed E-state index contributed by atoms with van der Waals surface area (Å²) in [4.78, 5) is 24.9. The molecule has 0 fully saturated rings. The molecular weight excluding hydrogens is 460 g/mol. The number of rotatable bonds is 9. The summed E-state index contributed by atoms with van der Waals surface area (Å²) in [5.74, 6) is -0.337. The van der Waals surface area contributed by atoms with Crippen LogP contribution in [0.2, 0.25) is 0 Å². The first-order valence-electron chi connectivity index (χ1n) is 10.0. The van der Waals surface area contributed by atoms with Crippen LogP contribution in [0, 0.1) is 0 Å². The molecule has 0 unspecified atom stereocenters. The van der Waals surface area contributed by atoms with Crippen molar-refractivity contribution >= 4 is 27.9 Å². The van der Waals surface area contributed by atoms with Gasteiger partial charge < -0.3 is 14.2 Å². The fourth-order valence-corrected chi connectivity index (χ4v) is 3.20.